The number of hydrogen-bond acceptors (Lipinski definition) is 3. The molecule has 0 amide bonds. The van der Waals surface area contributed by atoms with Gasteiger partial charge in [-0.3, -0.25) is 4.79 Å². The van der Waals surface area contributed by atoms with Gasteiger partial charge >= 0.3 is 29.2 Å². The molecule has 0 atom stereocenters. The van der Waals surface area contributed by atoms with Crippen molar-refractivity contribution in [2.45, 2.75) is 36.1 Å². The van der Waals surface area contributed by atoms with Crippen LogP contribution in [0.4, 0.5) is 39.5 Å². The van der Waals surface area contributed by atoms with Crippen LogP contribution in [0.25, 0.3) is 0 Å². The molecule has 0 aromatic carbocycles. The van der Waals surface area contributed by atoms with E-state index in [2.05, 4.69) is 0 Å². The molecule has 0 aliphatic heterocycles. The molecule has 0 heterocycles. The van der Waals surface area contributed by atoms with Crippen molar-refractivity contribution in [1.82, 2.24) is 4.72 Å². The lowest BCUT2D eigenvalue weighted by atomic mass is 10.1. The van der Waals surface area contributed by atoms with Gasteiger partial charge < -0.3 is 9.59 Å². The second-order valence-electron chi connectivity index (χ2n) is 6.44. The highest BCUT2D eigenvalue weighted by molar-refractivity contribution is 7.90. The first-order chi connectivity index (χ1) is 12.1. The van der Waals surface area contributed by atoms with Gasteiger partial charge in [0.1, 0.15) is 0 Å². The molecule has 2 N–H and O–H groups in total. The molecule has 28 heavy (non-hydrogen) atoms. The van der Waals surface area contributed by atoms with Crippen LogP contribution in [0, 0.1) is 0 Å². The highest BCUT2D eigenvalue weighted by atomic mass is 32.2. The molecule has 0 rings (SSSR count). The monoisotopic (exact) mass is 457 g/mol. The summed E-state index contributed by atoms with van der Waals surface area (Å²) in [5.74, 6) is -15.7. The maximum Gasteiger partial charge on any atom is 0.460 e. The van der Waals surface area contributed by atoms with Gasteiger partial charge in [-0.15, -0.1) is 0 Å². The third-order valence-electron chi connectivity index (χ3n) is 3.62. The van der Waals surface area contributed by atoms with Crippen molar-refractivity contribution in [2.75, 3.05) is 33.7 Å². The molecule has 16 heteroatoms. The summed E-state index contributed by atoms with van der Waals surface area (Å²) in [5, 5.41) is 1.78. The third-order valence-corrected chi connectivity index (χ3v) is 5.13. The summed E-state index contributed by atoms with van der Waals surface area (Å²) in [6.07, 6.45) is -7.75. The first-order valence-electron chi connectivity index (χ1n) is 7.35. The lowest BCUT2D eigenvalue weighted by Gasteiger charge is -2.33. The summed E-state index contributed by atoms with van der Waals surface area (Å²) in [7, 11) is -3.67. The molecule has 0 fully saturated rings. The molecule has 0 spiro atoms. The first kappa shape index (κ1) is 26.7. The third kappa shape index (κ3) is 5.62. The van der Waals surface area contributed by atoms with Crippen LogP contribution in [0.2, 0.25) is 0 Å². The predicted molar refractivity (Wildman–Crippen MR) is 76.5 cm³/mol. The number of hydrogen-bond donors (Lipinski definition) is 2. The summed E-state index contributed by atoms with van der Waals surface area (Å²) in [6.45, 7) is -0.995. The zero-order valence-corrected chi connectivity index (χ0v) is 15.3. The smallest absolute Gasteiger partial charge is 0.460 e. The molecule has 168 valence electrons. The number of aliphatic carboxylic acids is 1. The van der Waals surface area contributed by atoms with Crippen molar-refractivity contribution in [3.05, 3.63) is 0 Å². The van der Waals surface area contributed by atoms with Crippen molar-refractivity contribution in [3.63, 3.8) is 0 Å². The van der Waals surface area contributed by atoms with Gasteiger partial charge in [0.2, 0.25) is 0 Å². The number of nitrogens with zero attached hydrogens (tertiary/aromatic N) is 1. The Kier molecular flexibility index (Phi) is 7.84. The Morgan fingerprint density at radius 2 is 1.39 bits per heavy atom. The Balaban J connectivity index is 5.17. The maximum absolute atomic E-state index is 13.4. The largest absolute Gasteiger partial charge is 0.481 e. The van der Waals surface area contributed by atoms with E-state index in [1.165, 1.54) is 14.1 Å². The number of halogens is 9. The molecular weight excluding hydrogens is 439 g/mol. The summed E-state index contributed by atoms with van der Waals surface area (Å²) in [5.41, 5.74) is 0. The highest BCUT2D eigenvalue weighted by Crippen LogP contribution is 2.54. The molecule has 0 saturated carbocycles. The Morgan fingerprint density at radius 3 is 1.79 bits per heavy atom. The van der Waals surface area contributed by atoms with Gasteiger partial charge in [0.05, 0.1) is 33.6 Å². The second-order valence-corrected chi connectivity index (χ2v) is 8.25. The van der Waals surface area contributed by atoms with Crippen LogP contribution in [-0.4, -0.2) is 81.0 Å². The molecular formula is C12H18F9N2O4S+. The molecule has 0 bridgehead atoms. The van der Waals surface area contributed by atoms with E-state index in [4.69, 9.17) is 5.11 Å². The lowest BCUT2D eigenvalue weighted by molar-refractivity contribution is -0.889. The zero-order chi connectivity index (χ0) is 22.8. The van der Waals surface area contributed by atoms with E-state index >= 15 is 0 Å². The zero-order valence-electron chi connectivity index (χ0n) is 14.5. The molecule has 0 aliphatic carbocycles. The Morgan fingerprint density at radius 1 is 0.929 bits per heavy atom. The quantitative estimate of drug-likeness (QED) is 0.283. The molecule has 6 nitrogen and oxygen atoms in total. The van der Waals surface area contributed by atoms with Gasteiger partial charge in [-0.2, -0.15) is 39.5 Å². The summed E-state index contributed by atoms with van der Waals surface area (Å²) in [4.78, 5) is 10.5. The number of quaternary nitrogens is 1. The standard InChI is InChI=1S/C12H17F9N2O4S/c1-23(2,7-4-8(24)25)6-3-5-22-28(26,27)12(20,21)10(15,16)9(13,14)11(17,18)19/h22H,3-7H2,1-2H3/p+1. The number of rotatable bonds is 11. The van der Waals surface area contributed by atoms with Crippen molar-refractivity contribution < 1.29 is 62.3 Å². The minimum atomic E-state index is -7.31. The second kappa shape index (κ2) is 8.22. The minimum absolute atomic E-state index is 0.0358. The van der Waals surface area contributed by atoms with Crippen LogP contribution >= 0.6 is 0 Å². The molecule has 0 aromatic rings. The van der Waals surface area contributed by atoms with Crippen molar-refractivity contribution in [3.8, 4) is 0 Å². The molecule has 0 aliphatic rings. The van der Waals surface area contributed by atoms with Crippen LogP contribution in [-0.2, 0) is 14.8 Å². The minimum Gasteiger partial charge on any atom is -0.481 e. The highest BCUT2D eigenvalue weighted by Gasteiger charge is 2.85. The summed E-state index contributed by atoms with van der Waals surface area (Å²) >= 11 is 0. The Bertz CT molecular complexity index is 662. The van der Waals surface area contributed by atoms with E-state index in [-0.39, 0.29) is 30.4 Å². The Hall–Kier alpha value is -1.29. The van der Waals surface area contributed by atoms with Gasteiger partial charge in [0.15, 0.2) is 0 Å². The van der Waals surface area contributed by atoms with Crippen molar-refractivity contribution in [1.29, 1.82) is 0 Å². The van der Waals surface area contributed by atoms with E-state index in [1.807, 2.05) is 0 Å². The van der Waals surface area contributed by atoms with Crippen molar-refractivity contribution in [2.24, 2.45) is 0 Å². The predicted octanol–water partition coefficient (Wildman–Crippen LogP) is 2.27. The fourth-order valence-electron chi connectivity index (χ4n) is 1.84. The molecule has 0 saturated heterocycles. The van der Waals surface area contributed by atoms with Crippen molar-refractivity contribution >= 4 is 16.0 Å². The maximum atomic E-state index is 13.4. The topological polar surface area (TPSA) is 83.5 Å². The number of carboxylic acid groups (broad SMARTS) is 1. The van der Waals surface area contributed by atoms with E-state index in [0.29, 0.717) is 0 Å². The normalized spacial score (nSPS) is 15.0. The summed E-state index contributed by atoms with van der Waals surface area (Å²) < 4.78 is 138. The van der Waals surface area contributed by atoms with E-state index in [0.717, 1.165) is 4.72 Å². The average Bonchev–Trinajstić information content (AvgIpc) is 2.48. The lowest BCUT2D eigenvalue weighted by Crippen LogP contribution is -2.65. The van der Waals surface area contributed by atoms with E-state index in [1.54, 1.807) is 0 Å². The number of alkyl halides is 9. The van der Waals surface area contributed by atoms with Gasteiger partial charge in [0, 0.05) is 13.0 Å². The fourth-order valence-corrected chi connectivity index (χ4v) is 2.90. The number of carboxylic acids is 1. The van der Waals surface area contributed by atoms with Gasteiger partial charge in [-0.25, -0.2) is 13.1 Å². The summed E-state index contributed by atoms with van der Waals surface area (Å²) in [6, 6.07) is 0. The van der Waals surface area contributed by atoms with Crippen LogP contribution in [0.5, 0.6) is 0 Å². The molecule has 0 aromatic heterocycles. The molecule has 0 unspecified atom stereocenters. The van der Waals surface area contributed by atoms with Crippen LogP contribution in [0.3, 0.4) is 0 Å². The number of sulfonamides is 1. The van der Waals surface area contributed by atoms with Crippen LogP contribution in [0.15, 0.2) is 0 Å². The van der Waals surface area contributed by atoms with Gasteiger partial charge in [-0.1, -0.05) is 0 Å². The first-order valence-corrected chi connectivity index (χ1v) is 8.84. The van der Waals surface area contributed by atoms with E-state index < -0.39 is 45.8 Å². The van der Waals surface area contributed by atoms with Crippen LogP contribution in [0.1, 0.15) is 12.8 Å². The SMILES string of the molecule is C[N+](C)(CCCNS(=O)(=O)C(F)(F)C(F)(F)C(F)(F)C(F)(F)F)CCC(=O)O. The van der Waals surface area contributed by atoms with Gasteiger partial charge in [0.25, 0.3) is 10.0 Å². The van der Waals surface area contributed by atoms with Crippen LogP contribution < -0.4 is 4.72 Å². The molecule has 0 radical (unpaired) electrons. The van der Waals surface area contributed by atoms with Gasteiger partial charge in [-0.05, 0) is 0 Å². The average molecular weight is 457 g/mol. The Labute approximate surface area is 153 Å². The van der Waals surface area contributed by atoms with E-state index in [9.17, 15) is 52.7 Å². The fraction of sp³-hybridized carbons (Fsp3) is 0.917. The number of nitrogens with one attached hydrogen (secondary N) is 1. The number of carbonyl (C=O) groups is 1.